The number of aromatic nitrogens is 1. The van der Waals surface area contributed by atoms with E-state index in [-0.39, 0.29) is 6.03 Å². The largest absolute Gasteiger partial charge is 0.335 e. The molecule has 1 N–H and O–H groups in total. The number of nitrogens with zero attached hydrogens (tertiary/aromatic N) is 3. The average molecular weight is 330 g/mol. The summed E-state index contributed by atoms with van der Waals surface area (Å²) < 4.78 is 0. The Balaban J connectivity index is 1.38. The molecule has 3 heterocycles. The highest BCUT2D eigenvalue weighted by Gasteiger charge is 2.26. The van der Waals surface area contributed by atoms with Crippen LogP contribution in [0.15, 0.2) is 24.5 Å². The van der Waals surface area contributed by atoms with Crippen LogP contribution in [0.25, 0.3) is 0 Å². The molecule has 0 saturated carbocycles. The van der Waals surface area contributed by atoms with Gasteiger partial charge in [0, 0.05) is 50.7 Å². The van der Waals surface area contributed by atoms with Crippen LogP contribution in [-0.4, -0.2) is 59.1 Å². The first-order valence-electron chi connectivity index (χ1n) is 9.41. The summed E-state index contributed by atoms with van der Waals surface area (Å²) in [5.41, 5.74) is 1.35. The van der Waals surface area contributed by atoms with Crippen LogP contribution in [0.1, 0.15) is 44.6 Å². The van der Waals surface area contributed by atoms with Gasteiger partial charge >= 0.3 is 6.03 Å². The summed E-state index contributed by atoms with van der Waals surface area (Å²) in [5.74, 6) is 0. The fourth-order valence-corrected chi connectivity index (χ4v) is 3.79. The van der Waals surface area contributed by atoms with Crippen molar-refractivity contribution >= 4 is 6.03 Å². The minimum Gasteiger partial charge on any atom is -0.335 e. The molecule has 1 aromatic heterocycles. The van der Waals surface area contributed by atoms with Crippen LogP contribution in [0.2, 0.25) is 0 Å². The minimum absolute atomic E-state index is 0.150. The predicted molar refractivity (Wildman–Crippen MR) is 96.0 cm³/mol. The van der Waals surface area contributed by atoms with Crippen molar-refractivity contribution in [1.29, 1.82) is 0 Å². The van der Waals surface area contributed by atoms with E-state index in [4.69, 9.17) is 0 Å². The molecule has 2 aliphatic heterocycles. The Kier molecular flexibility index (Phi) is 6.07. The first kappa shape index (κ1) is 17.2. The van der Waals surface area contributed by atoms with E-state index in [1.165, 1.54) is 12.0 Å². The second kappa shape index (κ2) is 8.47. The molecule has 5 heteroatoms. The lowest BCUT2D eigenvalue weighted by Crippen LogP contribution is -2.52. The van der Waals surface area contributed by atoms with Gasteiger partial charge in [-0.05, 0) is 63.1 Å². The van der Waals surface area contributed by atoms with Gasteiger partial charge in [-0.25, -0.2) is 4.79 Å². The van der Waals surface area contributed by atoms with Crippen LogP contribution in [-0.2, 0) is 6.42 Å². The van der Waals surface area contributed by atoms with E-state index in [2.05, 4.69) is 34.3 Å². The third kappa shape index (κ3) is 4.69. The molecule has 0 aliphatic carbocycles. The second-order valence-electron chi connectivity index (χ2n) is 7.21. The van der Waals surface area contributed by atoms with Crippen molar-refractivity contribution in [3.05, 3.63) is 30.1 Å². The highest BCUT2D eigenvalue weighted by molar-refractivity contribution is 5.75. The zero-order chi connectivity index (χ0) is 16.8. The maximum atomic E-state index is 12.5. The van der Waals surface area contributed by atoms with Gasteiger partial charge in [-0.2, -0.15) is 0 Å². The number of rotatable bonds is 4. The summed E-state index contributed by atoms with van der Waals surface area (Å²) in [5, 5.41) is 3.27. The van der Waals surface area contributed by atoms with Crippen LogP contribution in [0.4, 0.5) is 4.79 Å². The van der Waals surface area contributed by atoms with E-state index in [1.807, 2.05) is 17.3 Å². The highest BCUT2D eigenvalue weighted by Crippen LogP contribution is 2.17. The molecule has 5 nitrogen and oxygen atoms in total. The lowest BCUT2D eigenvalue weighted by atomic mass is 10.0. The Morgan fingerprint density at radius 1 is 1.17 bits per heavy atom. The van der Waals surface area contributed by atoms with Gasteiger partial charge in [-0.15, -0.1) is 0 Å². The van der Waals surface area contributed by atoms with Crippen LogP contribution < -0.4 is 5.32 Å². The van der Waals surface area contributed by atoms with Crippen LogP contribution in [0.3, 0.4) is 0 Å². The number of amides is 2. The molecule has 1 unspecified atom stereocenters. The monoisotopic (exact) mass is 330 g/mol. The standard InChI is InChI=1S/C19H30N4O/c1-16-4-2-3-12-23(16)19(24)21-18-8-14-22(15-9-18)13-7-17-5-10-20-11-6-17/h5-6,10-11,16,18H,2-4,7-9,12-15H2,1H3,(H,21,24). The Morgan fingerprint density at radius 2 is 1.92 bits per heavy atom. The maximum Gasteiger partial charge on any atom is 0.317 e. The summed E-state index contributed by atoms with van der Waals surface area (Å²) in [7, 11) is 0. The first-order chi connectivity index (χ1) is 11.7. The number of likely N-dealkylation sites (tertiary alicyclic amines) is 2. The molecule has 0 aromatic carbocycles. The Morgan fingerprint density at radius 3 is 2.62 bits per heavy atom. The van der Waals surface area contributed by atoms with Gasteiger partial charge in [-0.3, -0.25) is 4.98 Å². The third-order valence-electron chi connectivity index (χ3n) is 5.45. The zero-order valence-corrected chi connectivity index (χ0v) is 14.8. The van der Waals surface area contributed by atoms with Crippen molar-refractivity contribution in [2.45, 2.75) is 57.5 Å². The molecule has 2 saturated heterocycles. The molecule has 3 rings (SSSR count). The smallest absolute Gasteiger partial charge is 0.317 e. The lowest BCUT2D eigenvalue weighted by Gasteiger charge is -2.37. The minimum atomic E-state index is 0.150. The Hall–Kier alpha value is -1.62. The van der Waals surface area contributed by atoms with Crippen molar-refractivity contribution in [3.8, 4) is 0 Å². The number of nitrogens with one attached hydrogen (secondary N) is 1. The molecule has 2 amide bonds. The second-order valence-corrected chi connectivity index (χ2v) is 7.21. The number of urea groups is 1. The average Bonchev–Trinajstić information content (AvgIpc) is 2.62. The predicted octanol–water partition coefficient (Wildman–Crippen LogP) is 2.67. The van der Waals surface area contributed by atoms with Gasteiger partial charge in [-0.1, -0.05) is 0 Å². The van der Waals surface area contributed by atoms with Gasteiger partial charge in [0.15, 0.2) is 0 Å². The fourth-order valence-electron chi connectivity index (χ4n) is 3.79. The van der Waals surface area contributed by atoms with Crippen molar-refractivity contribution in [2.75, 3.05) is 26.2 Å². The van der Waals surface area contributed by atoms with Gasteiger partial charge < -0.3 is 15.1 Å². The van der Waals surface area contributed by atoms with E-state index in [0.717, 1.165) is 58.3 Å². The van der Waals surface area contributed by atoms with E-state index in [0.29, 0.717) is 12.1 Å². The summed E-state index contributed by atoms with van der Waals surface area (Å²) in [6.45, 7) is 6.32. The normalized spacial score (nSPS) is 23.2. The summed E-state index contributed by atoms with van der Waals surface area (Å²) in [6, 6.07) is 5.06. The molecule has 1 aromatic rings. The Bertz CT molecular complexity index is 513. The van der Waals surface area contributed by atoms with Crippen molar-refractivity contribution in [1.82, 2.24) is 20.1 Å². The van der Waals surface area contributed by atoms with Crippen LogP contribution in [0.5, 0.6) is 0 Å². The SMILES string of the molecule is CC1CCCCN1C(=O)NC1CCN(CCc2ccncc2)CC1. The zero-order valence-electron chi connectivity index (χ0n) is 14.8. The molecule has 0 radical (unpaired) electrons. The summed E-state index contributed by atoms with van der Waals surface area (Å²) in [6.07, 6.45) is 10.4. The van der Waals surface area contributed by atoms with Gasteiger partial charge in [0.1, 0.15) is 0 Å². The van der Waals surface area contributed by atoms with Gasteiger partial charge in [0.25, 0.3) is 0 Å². The number of hydrogen-bond acceptors (Lipinski definition) is 3. The third-order valence-corrected chi connectivity index (χ3v) is 5.45. The quantitative estimate of drug-likeness (QED) is 0.923. The van der Waals surface area contributed by atoms with E-state index in [1.54, 1.807) is 0 Å². The summed E-state index contributed by atoms with van der Waals surface area (Å²) >= 11 is 0. The molecular formula is C19H30N4O. The topological polar surface area (TPSA) is 48.5 Å². The lowest BCUT2D eigenvalue weighted by molar-refractivity contribution is 0.145. The molecule has 0 spiro atoms. The molecular weight excluding hydrogens is 300 g/mol. The Labute approximate surface area is 145 Å². The molecule has 24 heavy (non-hydrogen) atoms. The molecule has 2 fully saturated rings. The molecule has 2 aliphatic rings. The van der Waals surface area contributed by atoms with Gasteiger partial charge in [0.2, 0.25) is 0 Å². The van der Waals surface area contributed by atoms with Crippen LogP contribution >= 0.6 is 0 Å². The first-order valence-corrected chi connectivity index (χ1v) is 9.41. The number of carbonyl (C=O) groups excluding carboxylic acids is 1. The maximum absolute atomic E-state index is 12.5. The molecule has 1 atom stereocenters. The number of piperidine rings is 2. The van der Waals surface area contributed by atoms with Crippen molar-refractivity contribution in [2.24, 2.45) is 0 Å². The molecule has 0 bridgehead atoms. The molecule has 132 valence electrons. The number of carbonyl (C=O) groups is 1. The summed E-state index contributed by atoms with van der Waals surface area (Å²) in [4.78, 5) is 21.1. The highest BCUT2D eigenvalue weighted by atomic mass is 16.2. The van der Waals surface area contributed by atoms with Crippen molar-refractivity contribution in [3.63, 3.8) is 0 Å². The van der Waals surface area contributed by atoms with Crippen LogP contribution in [0, 0.1) is 0 Å². The fraction of sp³-hybridized carbons (Fsp3) is 0.684. The van der Waals surface area contributed by atoms with E-state index in [9.17, 15) is 4.79 Å². The van der Waals surface area contributed by atoms with Crippen molar-refractivity contribution < 1.29 is 4.79 Å². The van der Waals surface area contributed by atoms with E-state index >= 15 is 0 Å². The number of hydrogen-bond donors (Lipinski definition) is 1. The number of pyridine rings is 1. The van der Waals surface area contributed by atoms with Gasteiger partial charge in [0.05, 0.1) is 0 Å². The van der Waals surface area contributed by atoms with E-state index < -0.39 is 0 Å².